The Labute approximate surface area is 77.5 Å². The standard InChI is InChI=1S/C9H14N4/c10-9-2-1-7(5-13-9)8-6-11-3-4-12-8/h1-2,5,8,11-12H,3-4,6H2,(H2,10,13)/t8-/m0/s1. The summed E-state index contributed by atoms with van der Waals surface area (Å²) >= 11 is 0. The molecule has 70 valence electrons. The Balaban J connectivity index is 2.10. The van der Waals surface area contributed by atoms with Gasteiger partial charge in [0.1, 0.15) is 5.82 Å². The predicted molar refractivity (Wildman–Crippen MR) is 52.3 cm³/mol. The highest BCUT2D eigenvalue weighted by molar-refractivity contribution is 5.30. The highest BCUT2D eigenvalue weighted by Gasteiger charge is 2.13. The van der Waals surface area contributed by atoms with Crippen LogP contribution in [-0.2, 0) is 0 Å². The van der Waals surface area contributed by atoms with Crippen molar-refractivity contribution in [1.29, 1.82) is 0 Å². The van der Waals surface area contributed by atoms with E-state index in [1.54, 1.807) is 0 Å². The van der Waals surface area contributed by atoms with Crippen molar-refractivity contribution in [3.05, 3.63) is 23.9 Å². The van der Waals surface area contributed by atoms with Gasteiger partial charge in [-0.1, -0.05) is 6.07 Å². The van der Waals surface area contributed by atoms with Gasteiger partial charge in [-0.25, -0.2) is 4.98 Å². The van der Waals surface area contributed by atoms with Gasteiger partial charge in [0, 0.05) is 31.9 Å². The van der Waals surface area contributed by atoms with Gasteiger partial charge in [-0.05, 0) is 11.6 Å². The lowest BCUT2D eigenvalue weighted by atomic mass is 10.1. The Morgan fingerprint density at radius 2 is 2.31 bits per heavy atom. The van der Waals surface area contributed by atoms with Crippen molar-refractivity contribution in [2.24, 2.45) is 0 Å². The minimum Gasteiger partial charge on any atom is -0.384 e. The molecular weight excluding hydrogens is 164 g/mol. The molecule has 1 saturated heterocycles. The zero-order chi connectivity index (χ0) is 9.10. The van der Waals surface area contributed by atoms with Crippen LogP contribution < -0.4 is 16.4 Å². The minimum absolute atomic E-state index is 0.377. The van der Waals surface area contributed by atoms with E-state index in [1.165, 1.54) is 5.56 Å². The molecule has 2 rings (SSSR count). The van der Waals surface area contributed by atoms with E-state index in [9.17, 15) is 0 Å². The van der Waals surface area contributed by atoms with E-state index in [0.29, 0.717) is 11.9 Å². The van der Waals surface area contributed by atoms with Crippen LogP contribution in [0.1, 0.15) is 11.6 Å². The summed E-state index contributed by atoms with van der Waals surface area (Å²) < 4.78 is 0. The minimum atomic E-state index is 0.377. The number of nitrogens with one attached hydrogen (secondary N) is 2. The molecular formula is C9H14N4. The largest absolute Gasteiger partial charge is 0.384 e. The summed E-state index contributed by atoms with van der Waals surface area (Å²) in [6.07, 6.45) is 1.83. The predicted octanol–water partition coefficient (Wildman–Crippen LogP) is -0.102. The Morgan fingerprint density at radius 1 is 1.38 bits per heavy atom. The zero-order valence-corrected chi connectivity index (χ0v) is 7.46. The van der Waals surface area contributed by atoms with E-state index < -0.39 is 0 Å². The van der Waals surface area contributed by atoms with Crippen molar-refractivity contribution in [2.45, 2.75) is 6.04 Å². The van der Waals surface area contributed by atoms with Crippen molar-refractivity contribution in [3.8, 4) is 0 Å². The smallest absolute Gasteiger partial charge is 0.123 e. The Bertz CT molecular complexity index is 263. The van der Waals surface area contributed by atoms with E-state index >= 15 is 0 Å². The summed E-state index contributed by atoms with van der Waals surface area (Å²) in [6.45, 7) is 3.01. The molecule has 13 heavy (non-hydrogen) atoms. The molecule has 2 heterocycles. The zero-order valence-electron chi connectivity index (χ0n) is 7.46. The van der Waals surface area contributed by atoms with Crippen LogP contribution in [0.5, 0.6) is 0 Å². The number of aromatic nitrogens is 1. The van der Waals surface area contributed by atoms with Crippen LogP contribution in [0.25, 0.3) is 0 Å². The summed E-state index contributed by atoms with van der Waals surface area (Å²) in [5.41, 5.74) is 6.70. The van der Waals surface area contributed by atoms with Gasteiger partial charge < -0.3 is 16.4 Å². The van der Waals surface area contributed by atoms with Gasteiger partial charge in [-0.15, -0.1) is 0 Å². The summed E-state index contributed by atoms with van der Waals surface area (Å²) in [4.78, 5) is 4.06. The molecule has 1 atom stereocenters. The van der Waals surface area contributed by atoms with E-state index in [4.69, 9.17) is 5.73 Å². The molecule has 4 heteroatoms. The molecule has 4 nitrogen and oxygen atoms in total. The maximum absolute atomic E-state index is 5.51. The SMILES string of the molecule is Nc1ccc([C@@H]2CNCCN2)cn1. The van der Waals surface area contributed by atoms with Crippen molar-refractivity contribution < 1.29 is 0 Å². The second-order valence-corrected chi connectivity index (χ2v) is 3.23. The number of hydrogen-bond donors (Lipinski definition) is 3. The highest BCUT2D eigenvalue weighted by atomic mass is 15.1. The van der Waals surface area contributed by atoms with Gasteiger partial charge in [-0.2, -0.15) is 0 Å². The molecule has 4 N–H and O–H groups in total. The van der Waals surface area contributed by atoms with Gasteiger partial charge in [0.05, 0.1) is 0 Å². The lowest BCUT2D eigenvalue weighted by Crippen LogP contribution is -2.42. The van der Waals surface area contributed by atoms with Crippen molar-refractivity contribution in [3.63, 3.8) is 0 Å². The number of hydrogen-bond acceptors (Lipinski definition) is 4. The normalized spacial score (nSPS) is 22.9. The van der Waals surface area contributed by atoms with Gasteiger partial charge in [-0.3, -0.25) is 0 Å². The highest BCUT2D eigenvalue weighted by Crippen LogP contribution is 2.12. The monoisotopic (exact) mass is 178 g/mol. The van der Waals surface area contributed by atoms with E-state index in [1.807, 2.05) is 18.3 Å². The van der Waals surface area contributed by atoms with Crippen molar-refractivity contribution in [2.75, 3.05) is 25.4 Å². The molecule has 0 spiro atoms. The first-order valence-electron chi connectivity index (χ1n) is 4.52. The molecule has 0 unspecified atom stereocenters. The molecule has 0 bridgehead atoms. The molecule has 0 aliphatic carbocycles. The fourth-order valence-electron chi connectivity index (χ4n) is 1.51. The number of nitrogens with two attached hydrogens (primary N) is 1. The molecule has 0 amide bonds. The number of piperazine rings is 1. The van der Waals surface area contributed by atoms with Gasteiger partial charge in [0.15, 0.2) is 0 Å². The second kappa shape index (κ2) is 3.72. The molecule has 0 aromatic carbocycles. The molecule has 1 aromatic heterocycles. The molecule has 1 fully saturated rings. The van der Waals surface area contributed by atoms with Crippen LogP contribution in [0.15, 0.2) is 18.3 Å². The van der Waals surface area contributed by atoms with Crippen LogP contribution in [0.3, 0.4) is 0 Å². The third-order valence-corrected chi connectivity index (χ3v) is 2.25. The van der Waals surface area contributed by atoms with Crippen molar-refractivity contribution >= 4 is 5.82 Å². The first kappa shape index (κ1) is 8.47. The average molecular weight is 178 g/mol. The maximum atomic E-state index is 5.51. The number of anilines is 1. The van der Waals surface area contributed by atoms with Crippen LogP contribution in [0.4, 0.5) is 5.82 Å². The average Bonchev–Trinajstić information content (AvgIpc) is 2.20. The number of nitrogens with zero attached hydrogens (tertiary/aromatic N) is 1. The summed E-state index contributed by atoms with van der Waals surface area (Å²) in [5.74, 6) is 0.576. The molecule has 1 aliphatic heterocycles. The Kier molecular flexibility index (Phi) is 2.42. The lowest BCUT2D eigenvalue weighted by molar-refractivity contribution is 0.429. The molecule has 1 aromatic rings. The topological polar surface area (TPSA) is 63.0 Å². The Morgan fingerprint density at radius 3 is 2.92 bits per heavy atom. The first-order valence-corrected chi connectivity index (χ1v) is 4.52. The van der Waals surface area contributed by atoms with Crippen LogP contribution in [-0.4, -0.2) is 24.6 Å². The molecule has 1 aliphatic rings. The van der Waals surface area contributed by atoms with Crippen LogP contribution in [0, 0.1) is 0 Å². The summed E-state index contributed by atoms with van der Waals surface area (Å²) in [6, 6.07) is 4.24. The van der Waals surface area contributed by atoms with Crippen LogP contribution in [0.2, 0.25) is 0 Å². The van der Waals surface area contributed by atoms with E-state index in [-0.39, 0.29) is 0 Å². The van der Waals surface area contributed by atoms with E-state index in [2.05, 4.69) is 15.6 Å². The fraction of sp³-hybridized carbons (Fsp3) is 0.444. The maximum Gasteiger partial charge on any atom is 0.123 e. The second-order valence-electron chi connectivity index (χ2n) is 3.23. The fourth-order valence-corrected chi connectivity index (χ4v) is 1.51. The van der Waals surface area contributed by atoms with Gasteiger partial charge in [0.2, 0.25) is 0 Å². The van der Waals surface area contributed by atoms with E-state index in [0.717, 1.165) is 19.6 Å². The third kappa shape index (κ3) is 1.96. The number of pyridine rings is 1. The third-order valence-electron chi connectivity index (χ3n) is 2.25. The molecule has 0 radical (unpaired) electrons. The molecule has 0 saturated carbocycles. The number of nitrogen functional groups attached to an aromatic ring is 1. The Hall–Kier alpha value is -1.13. The van der Waals surface area contributed by atoms with Gasteiger partial charge in [0.25, 0.3) is 0 Å². The number of rotatable bonds is 1. The first-order chi connectivity index (χ1) is 6.36. The summed E-state index contributed by atoms with van der Waals surface area (Å²) in [5, 5.41) is 6.74. The van der Waals surface area contributed by atoms with Crippen molar-refractivity contribution in [1.82, 2.24) is 15.6 Å². The quantitative estimate of drug-likeness (QED) is 0.562. The van der Waals surface area contributed by atoms with Crippen LogP contribution >= 0.6 is 0 Å². The van der Waals surface area contributed by atoms with Gasteiger partial charge >= 0.3 is 0 Å². The lowest BCUT2D eigenvalue weighted by Gasteiger charge is -2.24. The summed E-state index contributed by atoms with van der Waals surface area (Å²) in [7, 11) is 0.